The number of carbonyl (C=O) groups is 1. The fourth-order valence-corrected chi connectivity index (χ4v) is 2.60. The van der Waals surface area contributed by atoms with Gasteiger partial charge < -0.3 is 9.88 Å². The number of nitrogens with two attached hydrogens (primary N) is 1. The Morgan fingerprint density at radius 2 is 2.10 bits per heavy atom. The molecule has 0 unspecified atom stereocenters. The van der Waals surface area contributed by atoms with Crippen LogP contribution in [0.4, 0.5) is 10.1 Å². The zero-order chi connectivity index (χ0) is 15.6. The summed E-state index contributed by atoms with van der Waals surface area (Å²) in [5.74, 6) is -1.22. The summed E-state index contributed by atoms with van der Waals surface area (Å²) in [4.78, 5) is 11.8. The van der Waals surface area contributed by atoms with E-state index in [0.29, 0.717) is 12.2 Å². The lowest BCUT2D eigenvalue weighted by molar-refractivity contribution is 0.101. The minimum atomic E-state index is -4.07. The highest BCUT2D eigenvalue weighted by molar-refractivity contribution is 7.89. The Hall–Kier alpha value is -2.19. The molecule has 0 bridgehead atoms. The van der Waals surface area contributed by atoms with Crippen LogP contribution in [0.25, 0.3) is 0 Å². The number of aryl methyl sites for hydroxylation is 1. The second-order valence-electron chi connectivity index (χ2n) is 4.32. The Balaban J connectivity index is 2.40. The fraction of sp³-hybridized carbons (Fsp3) is 0.154. The molecular formula is C13H14FN3O3S. The zero-order valence-electron chi connectivity index (χ0n) is 11.2. The summed E-state index contributed by atoms with van der Waals surface area (Å²) in [6.07, 6.45) is 1.71. The molecule has 6 nitrogen and oxygen atoms in total. The predicted octanol–water partition coefficient (Wildman–Crippen LogP) is 1.55. The Bertz CT molecular complexity index is 784. The first kappa shape index (κ1) is 15.2. The van der Waals surface area contributed by atoms with Crippen LogP contribution in [-0.4, -0.2) is 18.9 Å². The molecule has 3 N–H and O–H groups in total. The highest BCUT2D eigenvalue weighted by Gasteiger charge is 2.18. The number of carbonyl (C=O) groups excluding carboxylic acids is 1. The van der Waals surface area contributed by atoms with Crippen molar-refractivity contribution in [3.8, 4) is 0 Å². The number of primary sulfonamides is 1. The van der Waals surface area contributed by atoms with Gasteiger partial charge in [-0.1, -0.05) is 0 Å². The van der Waals surface area contributed by atoms with Crippen molar-refractivity contribution in [2.45, 2.75) is 18.4 Å². The van der Waals surface area contributed by atoms with Gasteiger partial charge in [-0.3, -0.25) is 4.79 Å². The Morgan fingerprint density at radius 1 is 1.38 bits per heavy atom. The summed E-state index contributed by atoms with van der Waals surface area (Å²) in [7, 11) is -4.07. The number of nitrogens with zero attached hydrogens (tertiary/aromatic N) is 1. The summed E-state index contributed by atoms with van der Waals surface area (Å²) >= 11 is 0. The minimum Gasteiger partial charge on any atom is -0.344 e. The lowest BCUT2D eigenvalue weighted by Gasteiger charge is -2.11. The van der Waals surface area contributed by atoms with Gasteiger partial charge in [0.15, 0.2) is 0 Å². The highest BCUT2D eigenvalue weighted by atomic mass is 32.2. The van der Waals surface area contributed by atoms with Gasteiger partial charge in [0.1, 0.15) is 16.4 Å². The van der Waals surface area contributed by atoms with Crippen molar-refractivity contribution in [1.82, 2.24) is 4.57 Å². The third kappa shape index (κ3) is 3.29. The van der Waals surface area contributed by atoms with Crippen LogP contribution in [-0.2, 0) is 16.6 Å². The Morgan fingerprint density at radius 3 is 2.71 bits per heavy atom. The van der Waals surface area contributed by atoms with Crippen molar-refractivity contribution >= 4 is 21.6 Å². The molecule has 0 radical (unpaired) electrons. The number of nitrogens with one attached hydrogen (secondary N) is 1. The number of halogens is 1. The van der Waals surface area contributed by atoms with Gasteiger partial charge in [0.25, 0.3) is 5.91 Å². The third-order valence-corrected chi connectivity index (χ3v) is 3.87. The van der Waals surface area contributed by atoms with E-state index in [-0.39, 0.29) is 10.6 Å². The molecule has 2 aromatic rings. The number of amides is 1. The average Bonchev–Trinajstić information content (AvgIpc) is 2.85. The number of aromatic nitrogens is 1. The molecule has 8 heteroatoms. The number of hydrogen-bond donors (Lipinski definition) is 2. The first-order chi connectivity index (χ1) is 9.82. The molecule has 1 amide bonds. The van der Waals surface area contributed by atoms with Gasteiger partial charge in [0.05, 0.1) is 5.69 Å². The summed E-state index contributed by atoms with van der Waals surface area (Å²) in [6.45, 7) is 2.43. The van der Waals surface area contributed by atoms with E-state index >= 15 is 0 Å². The van der Waals surface area contributed by atoms with Gasteiger partial charge in [0.2, 0.25) is 10.0 Å². The van der Waals surface area contributed by atoms with Gasteiger partial charge >= 0.3 is 0 Å². The van der Waals surface area contributed by atoms with E-state index in [1.165, 1.54) is 0 Å². The summed E-state index contributed by atoms with van der Waals surface area (Å²) in [6, 6.07) is 6.15. The minimum absolute atomic E-state index is 0.189. The number of sulfonamides is 1. The molecule has 0 aliphatic rings. The lowest BCUT2D eigenvalue weighted by atomic mass is 10.3. The quantitative estimate of drug-likeness (QED) is 0.897. The first-order valence-electron chi connectivity index (χ1n) is 6.11. The van der Waals surface area contributed by atoms with E-state index in [9.17, 15) is 17.6 Å². The van der Waals surface area contributed by atoms with Crippen molar-refractivity contribution < 1.29 is 17.6 Å². The van der Waals surface area contributed by atoms with Crippen molar-refractivity contribution in [3.63, 3.8) is 0 Å². The SMILES string of the molecule is CCn1cccc1C(=O)Nc1cc(F)ccc1S(N)(=O)=O. The maximum Gasteiger partial charge on any atom is 0.272 e. The smallest absolute Gasteiger partial charge is 0.272 e. The number of benzene rings is 1. The molecule has 0 atom stereocenters. The highest BCUT2D eigenvalue weighted by Crippen LogP contribution is 2.22. The van der Waals surface area contributed by atoms with Gasteiger partial charge in [-0.2, -0.15) is 0 Å². The molecule has 0 aliphatic carbocycles. The second-order valence-corrected chi connectivity index (χ2v) is 5.85. The van der Waals surface area contributed by atoms with Crippen LogP contribution in [0.5, 0.6) is 0 Å². The van der Waals surface area contributed by atoms with Crippen LogP contribution in [0.1, 0.15) is 17.4 Å². The summed E-state index contributed by atoms with van der Waals surface area (Å²) in [5.41, 5.74) is 0.147. The number of hydrogen-bond acceptors (Lipinski definition) is 3. The van der Waals surface area contributed by atoms with Crippen LogP contribution in [0, 0.1) is 5.82 Å². The Labute approximate surface area is 121 Å². The molecule has 0 fully saturated rings. The standard InChI is InChI=1S/C13H14FN3O3S/c1-2-17-7-3-4-11(17)13(18)16-10-8-9(14)5-6-12(10)21(15,19)20/h3-8H,2H2,1H3,(H,16,18)(H2,15,19,20). The van der Waals surface area contributed by atoms with E-state index in [1.54, 1.807) is 22.9 Å². The van der Waals surface area contributed by atoms with E-state index < -0.39 is 21.7 Å². The van der Waals surface area contributed by atoms with E-state index in [1.807, 2.05) is 6.92 Å². The van der Waals surface area contributed by atoms with Crippen LogP contribution in [0.15, 0.2) is 41.4 Å². The molecule has 1 aromatic carbocycles. The molecule has 0 spiro atoms. The van der Waals surface area contributed by atoms with Crippen LogP contribution in [0.3, 0.4) is 0 Å². The van der Waals surface area contributed by atoms with Gasteiger partial charge in [-0.05, 0) is 37.3 Å². The van der Waals surface area contributed by atoms with Crippen LogP contribution < -0.4 is 10.5 Å². The third-order valence-electron chi connectivity index (χ3n) is 2.90. The predicted molar refractivity (Wildman–Crippen MR) is 75.8 cm³/mol. The van der Waals surface area contributed by atoms with E-state index in [4.69, 9.17) is 5.14 Å². The molecular weight excluding hydrogens is 297 g/mol. The normalized spacial score (nSPS) is 11.4. The molecule has 0 aliphatic heterocycles. The summed E-state index contributed by atoms with van der Waals surface area (Å²) < 4.78 is 37.9. The van der Waals surface area contributed by atoms with Gasteiger partial charge in [-0.15, -0.1) is 0 Å². The topological polar surface area (TPSA) is 94.2 Å². The van der Waals surface area contributed by atoms with Gasteiger partial charge in [0, 0.05) is 12.7 Å². The maximum absolute atomic E-state index is 13.3. The van der Waals surface area contributed by atoms with Crippen LogP contribution >= 0.6 is 0 Å². The van der Waals surface area contributed by atoms with Gasteiger partial charge in [-0.25, -0.2) is 17.9 Å². The van der Waals surface area contributed by atoms with Crippen molar-refractivity contribution in [2.75, 3.05) is 5.32 Å². The van der Waals surface area contributed by atoms with Crippen molar-refractivity contribution in [1.29, 1.82) is 0 Å². The monoisotopic (exact) mass is 311 g/mol. The molecule has 2 rings (SSSR count). The first-order valence-corrected chi connectivity index (χ1v) is 7.66. The largest absolute Gasteiger partial charge is 0.344 e. The number of rotatable bonds is 4. The lowest BCUT2D eigenvalue weighted by Crippen LogP contribution is -2.20. The molecule has 112 valence electrons. The Kier molecular flexibility index (Phi) is 4.10. The maximum atomic E-state index is 13.3. The van der Waals surface area contributed by atoms with E-state index in [2.05, 4.69) is 5.32 Å². The van der Waals surface area contributed by atoms with E-state index in [0.717, 1.165) is 18.2 Å². The summed E-state index contributed by atoms with van der Waals surface area (Å²) in [5, 5.41) is 7.43. The zero-order valence-corrected chi connectivity index (χ0v) is 12.0. The van der Waals surface area contributed by atoms with Crippen molar-refractivity contribution in [3.05, 3.63) is 48.0 Å². The molecule has 1 heterocycles. The van der Waals surface area contributed by atoms with Crippen LogP contribution in [0.2, 0.25) is 0 Å². The second kappa shape index (κ2) is 5.66. The molecule has 1 aromatic heterocycles. The number of anilines is 1. The van der Waals surface area contributed by atoms with Crippen molar-refractivity contribution in [2.24, 2.45) is 5.14 Å². The molecule has 0 saturated heterocycles. The average molecular weight is 311 g/mol. The fourth-order valence-electron chi connectivity index (χ4n) is 1.93. The molecule has 21 heavy (non-hydrogen) atoms. The molecule has 0 saturated carbocycles.